The standard InChI is InChI=1S/C14H19OP/c15-16(12-6-2-1-3-7-12)13-8-4-5-9-14(16)11-10-13/h1-3,6-7,13-14H,4-5,8-11H2. The van der Waals surface area contributed by atoms with Crippen molar-refractivity contribution in [1.29, 1.82) is 0 Å². The van der Waals surface area contributed by atoms with Gasteiger partial charge in [-0.25, -0.2) is 0 Å². The molecule has 0 aliphatic carbocycles. The summed E-state index contributed by atoms with van der Waals surface area (Å²) in [4.78, 5) is 0. The molecule has 2 aliphatic rings. The van der Waals surface area contributed by atoms with Crippen LogP contribution < -0.4 is 5.30 Å². The summed E-state index contributed by atoms with van der Waals surface area (Å²) in [6.07, 6.45) is 7.38. The van der Waals surface area contributed by atoms with E-state index in [0.717, 1.165) is 5.30 Å². The van der Waals surface area contributed by atoms with Crippen LogP contribution in [0.25, 0.3) is 0 Å². The maximum atomic E-state index is 13.4. The number of rotatable bonds is 1. The van der Waals surface area contributed by atoms with Gasteiger partial charge in [-0.15, -0.1) is 0 Å². The van der Waals surface area contributed by atoms with Gasteiger partial charge >= 0.3 is 0 Å². The van der Waals surface area contributed by atoms with Gasteiger partial charge in [0.05, 0.1) is 0 Å². The van der Waals surface area contributed by atoms with Gasteiger partial charge in [0, 0.05) is 16.6 Å². The lowest BCUT2D eigenvalue weighted by atomic mass is 10.0. The van der Waals surface area contributed by atoms with Crippen LogP contribution in [0.3, 0.4) is 0 Å². The van der Waals surface area contributed by atoms with Crippen molar-refractivity contribution >= 4 is 12.4 Å². The summed E-state index contributed by atoms with van der Waals surface area (Å²) >= 11 is 0. The van der Waals surface area contributed by atoms with Crippen molar-refractivity contribution in [3.63, 3.8) is 0 Å². The van der Waals surface area contributed by atoms with Crippen molar-refractivity contribution in [1.82, 2.24) is 0 Å². The Morgan fingerprint density at radius 3 is 2.00 bits per heavy atom. The summed E-state index contributed by atoms with van der Waals surface area (Å²) < 4.78 is 13.4. The highest BCUT2D eigenvalue weighted by atomic mass is 31.2. The molecular weight excluding hydrogens is 215 g/mol. The molecular formula is C14H19OP. The molecule has 0 amide bonds. The van der Waals surface area contributed by atoms with Crippen LogP contribution in [-0.4, -0.2) is 11.3 Å². The third-order valence-electron chi connectivity index (χ3n) is 4.40. The van der Waals surface area contributed by atoms with Gasteiger partial charge < -0.3 is 4.57 Å². The molecule has 16 heavy (non-hydrogen) atoms. The summed E-state index contributed by atoms with van der Waals surface area (Å²) in [5.74, 6) is 0. The molecule has 1 aromatic carbocycles. The first kappa shape index (κ1) is 10.6. The van der Waals surface area contributed by atoms with E-state index in [4.69, 9.17) is 0 Å². The second-order valence-corrected chi connectivity index (χ2v) is 8.61. The lowest BCUT2D eigenvalue weighted by molar-refractivity contribution is 0.556. The predicted octanol–water partition coefficient (Wildman–Crippen LogP) is 3.78. The Morgan fingerprint density at radius 2 is 1.44 bits per heavy atom. The molecule has 0 saturated carbocycles. The predicted molar refractivity (Wildman–Crippen MR) is 69.0 cm³/mol. The Balaban J connectivity index is 2.06. The lowest BCUT2D eigenvalue weighted by Crippen LogP contribution is -2.17. The van der Waals surface area contributed by atoms with E-state index in [1.165, 1.54) is 38.5 Å². The fraction of sp³-hybridized carbons (Fsp3) is 0.571. The first-order chi connectivity index (χ1) is 7.82. The Morgan fingerprint density at radius 1 is 0.875 bits per heavy atom. The molecule has 2 unspecified atom stereocenters. The summed E-state index contributed by atoms with van der Waals surface area (Å²) in [6, 6.07) is 10.3. The Bertz CT molecular complexity index is 394. The third-order valence-corrected chi connectivity index (χ3v) is 8.71. The van der Waals surface area contributed by atoms with Gasteiger partial charge in [-0.3, -0.25) is 0 Å². The maximum Gasteiger partial charge on any atom is 0.121 e. The molecule has 2 bridgehead atoms. The smallest absolute Gasteiger partial charge is 0.121 e. The average molecular weight is 234 g/mol. The Hall–Kier alpha value is -0.550. The maximum absolute atomic E-state index is 13.4. The van der Waals surface area contributed by atoms with E-state index in [1.807, 2.05) is 18.2 Å². The molecule has 0 aromatic heterocycles. The zero-order valence-electron chi connectivity index (χ0n) is 9.64. The highest BCUT2D eigenvalue weighted by Gasteiger charge is 2.47. The quantitative estimate of drug-likeness (QED) is 0.676. The molecule has 2 atom stereocenters. The fourth-order valence-electron chi connectivity index (χ4n) is 3.58. The number of hydrogen-bond acceptors (Lipinski definition) is 1. The minimum atomic E-state index is -2.08. The van der Waals surface area contributed by atoms with E-state index >= 15 is 0 Å². The molecule has 1 aromatic rings. The van der Waals surface area contributed by atoms with E-state index in [-0.39, 0.29) is 0 Å². The van der Waals surface area contributed by atoms with E-state index < -0.39 is 7.14 Å². The Kier molecular flexibility index (Phi) is 2.67. The van der Waals surface area contributed by atoms with Crippen molar-refractivity contribution in [2.24, 2.45) is 0 Å². The van der Waals surface area contributed by atoms with Gasteiger partial charge in [0.25, 0.3) is 0 Å². The molecule has 2 fully saturated rings. The van der Waals surface area contributed by atoms with Crippen LogP contribution in [0.15, 0.2) is 30.3 Å². The zero-order chi connectivity index (χ0) is 11.0. The van der Waals surface area contributed by atoms with Crippen LogP contribution >= 0.6 is 7.14 Å². The molecule has 2 aliphatic heterocycles. The van der Waals surface area contributed by atoms with E-state index in [1.54, 1.807) is 0 Å². The number of fused-ring (bicyclic) bond motifs is 2. The molecule has 0 radical (unpaired) electrons. The molecule has 2 heterocycles. The summed E-state index contributed by atoms with van der Waals surface area (Å²) in [5.41, 5.74) is 1.00. The molecule has 2 saturated heterocycles. The first-order valence-corrected chi connectivity index (χ1v) is 8.31. The molecule has 0 spiro atoms. The van der Waals surface area contributed by atoms with E-state index in [2.05, 4.69) is 12.1 Å². The summed E-state index contributed by atoms with van der Waals surface area (Å²) in [7, 11) is -2.08. The highest BCUT2D eigenvalue weighted by molar-refractivity contribution is 7.73. The van der Waals surface area contributed by atoms with Crippen molar-refractivity contribution in [3.8, 4) is 0 Å². The molecule has 2 heteroatoms. The average Bonchev–Trinajstić information content (AvgIpc) is 2.50. The number of benzene rings is 1. The SMILES string of the molecule is O=P1(c2ccccc2)C2CCCCC1CC2. The summed E-state index contributed by atoms with van der Waals surface area (Å²) in [5, 5.41) is 1.16. The van der Waals surface area contributed by atoms with Gasteiger partial charge in [0.1, 0.15) is 7.14 Å². The van der Waals surface area contributed by atoms with Gasteiger partial charge in [0.15, 0.2) is 0 Å². The van der Waals surface area contributed by atoms with Crippen molar-refractivity contribution < 1.29 is 4.57 Å². The second kappa shape index (κ2) is 4.04. The van der Waals surface area contributed by atoms with Crippen LogP contribution in [0.5, 0.6) is 0 Å². The van der Waals surface area contributed by atoms with Crippen LogP contribution in [0.4, 0.5) is 0 Å². The van der Waals surface area contributed by atoms with Gasteiger partial charge in [-0.05, 0) is 25.7 Å². The normalized spacial score (nSPS) is 38.2. The van der Waals surface area contributed by atoms with Crippen molar-refractivity contribution in [3.05, 3.63) is 30.3 Å². The Labute approximate surface area is 97.6 Å². The monoisotopic (exact) mass is 234 g/mol. The minimum Gasteiger partial charge on any atom is -0.318 e. The van der Waals surface area contributed by atoms with Crippen LogP contribution in [-0.2, 0) is 4.57 Å². The highest BCUT2D eigenvalue weighted by Crippen LogP contribution is 2.65. The molecule has 1 nitrogen and oxygen atoms in total. The van der Waals surface area contributed by atoms with Gasteiger partial charge in [0.2, 0.25) is 0 Å². The largest absolute Gasteiger partial charge is 0.318 e. The molecule has 86 valence electrons. The van der Waals surface area contributed by atoms with E-state index in [0.29, 0.717) is 11.3 Å². The van der Waals surface area contributed by atoms with Crippen LogP contribution in [0.2, 0.25) is 0 Å². The van der Waals surface area contributed by atoms with Crippen LogP contribution in [0.1, 0.15) is 38.5 Å². The molecule has 0 N–H and O–H groups in total. The number of hydrogen-bond donors (Lipinski definition) is 0. The molecule has 3 rings (SSSR count). The fourth-order valence-corrected chi connectivity index (χ4v) is 7.86. The summed E-state index contributed by atoms with van der Waals surface area (Å²) in [6.45, 7) is 0. The minimum absolute atomic E-state index is 0.502. The second-order valence-electron chi connectivity index (χ2n) is 5.21. The zero-order valence-corrected chi connectivity index (χ0v) is 10.5. The van der Waals surface area contributed by atoms with Gasteiger partial charge in [-0.1, -0.05) is 43.2 Å². The van der Waals surface area contributed by atoms with E-state index in [9.17, 15) is 4.57 Å². The van der Waals surface area contributed by atoms with Crippen molar-refractivity contribution in [2.75, 3.05) is 0 Å². The third kappa shape index (κ3) is 1.49. The van der Waals surface area contributed by atoms with Crippen LogP contribution in [0, 0.1) is 0 Å². The van der Waals surface area contributed by atoms with Crippen molar-refractivity contribution in [2.45, 2.75) is 49.8 Å². The first-order valence-electron chi connectivity index (χ1n) is 6.47. The lowest BCUT2D eigenvalue weighted by Gasteiger charge is -2.23. The topological polar surface area (TPSA) is 17.1 Å². The van der Waals surface area contributed by atoms with Gasteiger partial charge in [-0.2, -0.15) is 0 Å².